The molecule has 2 saturated heterocycles. The van der Waals surface area contributed by atoms with E-state index in [1.165, 1.54) is 0 Å². The van der Waals surface area contributed by atoms with Crippen molar-refractivity contribution in [2.45, 2.75) is 62.9 Å². The first-order valence-electron chi connectivity index (χ1n) is 11.5. The van der Waals surface area contributed by atoms with Crippen LogP contribution in [-0.2, 0) is 24.6 Å². The summed E-state index contributed by atoms with van der Waals surface area (Å²) in [7, 11) is 0. The molecule has 2 heterocycles. The first-order valence-corrected chi connectivity index (χ1v) is 11.5. The van der Waals surface area contributed by atoms with Gasteiger partial charge in [0.05, 0.1) is 13.3 Å². The highest BCUT2D eigenvalue weighted by Gasteiger charge is 2.44. The Labute approximate surface area is 188 Å². The fourth-order valence-electron chi connectivity index (χ4n) is 4.88. The molecule has 0 N–H and O–H groups in total. The monoisotopic (exact) mass is 438 g/mol. The summed E-state index contributed by atoms with van der Waals surface area (Å²) in [5.41, 5.74) is 0.192. The van der Waals surface area contributed by atoms with Crippen molar-refractivity contribution in [3.8, 4) is 0 Å². The quantitative estimate of drug-likeness (QED) is 0.643. The number of carbonyl (C=O) groups is 4. The molecule has 170 valence electrons. The van der Waals surface area contributed by atoms with Crippen molar-refractivity contribution in [2.75, 3.05) is 26.4 Å². The van der Waals surface area contributed by atoms with Gasteiger partial charge in [-0.2, -0.15) is 0 Å². The first kappa shape index (κ1) is 21.0. The van der Waals surface area contributed by atoms with E-state index in [0.29, 0.717) is 13.3 Å². The van der Waals surface area contributed by atoms with Crippen molar-refractivity contribution >= 4 is 23.6 Å². The Bertz CT molecular complexity index is 887. The van der Waals surface area contributed by atoms with E-state index in [2.05, 4.69) is 0 Å². The number of hydrogen-bond acceptors (Lipinski definition) is 4. The zero-order valence-corrected chi connectivity index (χ0v) is 18.5. The van der Waals surface area contributed by atoms with Crippen LogP contribution in [0.2, 0.25) is 0 Å². The summed E-state index contributed by atoms with van der Waals surface area (Å²) in [5.74, 6) is -0.210. The zero-order valence-electron chi connectivity index (χ0n) is 18.5. The Kier molecular flexibility index (Phi) is 5.18. The van der Waals surface area contributed by atoms with E-state index in [4.69, 9.17) is 0 Å². The smallest absolute Gasteiger partial charge is 0.243 e. The van der Waals surface area contributed by atoms with Crippen molar-refractivity contribution in [2.24, 2.45) is 0 Å². The molecule has 1 aromatic carbocycles. The minimum absolute atomic E-state index is 0.00841. The topological polar surface area (TPSA) is 81.2 Å². The molecular formula is C24H30N4O4. The van der Waals surface area contributed by atoms with Gasteiger partial charge in [-0.15, -0.1) is 0 Å². The van der Waals surface area contributed by atoms with E-state index in [-0.39, 0.29) is 61.6 Å². The van der Waals surface area contributed by atoms with Crippen LogP contribution in [0, 0.1) is 0 Å². The van der Waals surface area contributed by atoms with E-state index in [1.807, 2.05) is 37.3 Å². The highest BCUT2D eigenvalue weighted by molar-refractivity contribution is 5.91. The average molecular weight is 439 g/mol. The second-order valence-corrected chi connectivity index (χ2v) is 9.94. The molecular weight excluding hydrogens is 408 g/mol. The van der Waals surface area contributed by atoms with Crippen molar-refractivity contribution in [1.82, 2.24) is 19.6 Å². The molecule has 2 saturated carbocycles. The molecule has 8 heteroatoms. The molecule has 0 spiro atoms. The Hall–Kier alpha value is -2.90. The number of rotatable bonds is 7. The Morgan fingerprint density at radius 3 is 1.66 bits per heavy atom. The Balaban J connectivity index is 1.30. The van der Waals surface area contributed by atoms with E-state index < -0.39 is 5.41 Å². The van der Waals surface area contributed by atoms with Crippen molar-refractivity contribution in [3.63, 3.8) is 0 Å². The summed E-state index contributed by atoms with van der Waals surface area (Å²) in [6.07, 6.45) is 4.32. The SMILES string of the molecule is CC(CC(=O)N1CC(=O)N(C2CC2)C1)(CC(=O)N1CC(=O)N(C2CC2)C1)c1ccccc1. The number of hydrogen-bond donors (Lipinski definition) is 0. The van der Waals surface area contributed by atoms with Crippen molar-refractivity contribution in [3.05, 3.63) is 35.9 Å². The van der Waals surface area contributed by atoms with Gasteiger partial charge in [0.1, 0.15) is 13.1 Å². The van der Waals surface area contributed by atoms with Crippen LogP contribution in [0.4, 0.5) is 0 Å². The van der Waals surface area contributed by atoms with Crippen LogP contribution in [0.25, 0.3) is 0 Å². The lowest BCUT2D eigenvalue weighted by Gasteiger charge is -2.32. The van der Waals surface area contributed by atoms with Gasteiger partial charge in [-0.1, -0.05) is 37.3 Å². The molecule has 0 aromatic heterocycles. The number of nitrogens with zero attached hydrogens (tertiary/aromatic N) is 4. The molecule has 0 atom stereocenters. The lowest BCUT2D eigenvalue weighted by molar-refractivity contribution is -0.135. The van der Waals surface area contributed by atoms with Crippen molar-refractivity contribution in [1.29, 1.82) is 0 Å². The lowest BCUT2D eigenvalue weighted by Crippen LogP contribution is -2.41. The molecule has 0 radical (unpaired) electrons. The summed E-state index contributed by atoms with van der Waals surface area (Å²) >= 11 is 0. The second-order valence-electron chi connectivity index (χ2n) is 9.94. The molecule has 4 aliphatic rings. The Morgan fingerprint density at radius 2 is 1.25 bits per heavy atom. The van der Waals surface area contributed by atoms with E-state index in [0.717, 1.165) is 31.2 Å². The van der Waals surface area contributed by atoms with Crippen LogP contribution in [0.1, 0.15) is 51.0 Å². The first-order chi connectivity index (χ1) is 15.3. The van der Waals surface area contributed by atoms with Gasteiger partial charge in [-0.25, -0.2) is 0 Å². The van der Waals surface area contributed by atoms with Crippen LogP contribution < -0.4 is 0 Å². The summed E-state index contributed by atoms with van der Waals surface area (Å²) in [5, 5.41) is 0. The maximum absolute atomic E-state index is 13.2. The van der Waals surface area contributed by atoms with Crippen LogP contribution in [0.3, 0.4) is 0 Å². The van der Waals surface area contributed by atoms with Gasteiger partial charge in [-0.3, -0.25) is 19.2 Å². The molecule has 2 aliphatic heterocycles. The molecule has 0 bridgehead atoms. The standard InChI is InChI=1S/C24H30N4O4/c1-24(17-5-3-2-4-6-17,11-20(29)25-13-22(31)27(15-25)18-7-8-18)12-21(30)26-14-23(32)28(16-26)19-9-10-19/h2-6,18-19H,7-16H2,1H3. The van der Waals surface area contributed by atoms with Gasteiger partial charge < -0.3 is 19.6 Å². The van der Waals surface area contributed by atoms with Gasteiger partial charge in [0.15, 0.2) is 0 Å². The third-order valence-corrected chi connectivity index (χ3v) is 7.17. The fourth-order valence-corrected chi connectivity index (χ4v) is 4.88. The van der Waals surface area contributed by atoms with E-state index in [1.54, 1.807) is 19.6 Å². The maximum Gasteiger partial charge on any atom is 0.243 e. The third kappa shape index (κ3) is 4.10. The van der Waals surface area contributed by atoms with E-state index in [9.17, 15) is 19.2 Å². The summed E-state index contributed by atoms with van der Waals surface area (Å²) in [6, 6.07) is 10.2. The van der Waals surface area contributed by atoms with Gasteiger partial charge in [-0.05, 0) is 31.2 Å². The second kappa shape index (κ2) is 7.90. The van der Waals surface area contributed by atoms with Gasteiger partial charge in [0, 0.05) is 30.3 Å². The maximum atomic E-state index is 13.2. The molecule has 1 aromatic rings. The van der Waals surface area contributed by atoms with Gasteiger partial charge >= 0.3 is 0 Å². The van der Waals surface area contributed by atoms with Crippen LogP contribution in [-0.4, -0.2) is 81.7 Å². The highest BCUT2D eigenvalue weighted by atomic mass is 16.2. The lowest BCUT2D eigenvalue weighted by atomic mass is 9.76. The molecule has 8 nitrogen and oxygen atoms in total. The molecule has 4 fully saturated rings. The summed E-state index contributed by atoms with van der Waals surface area (Å²) < 4.78 is 0. The van der Waals surface area contributed by atoms with Crippen molar-refractivity contribution < 1.29 is 19.2 Å². The van der Waals surface area contributed by atoms with Crippen LogP contribution in [0.15, 0.2) is 30.3 Å². The average Bonchev–Trinajstić information content (AvgIpc) is 3.70. The zero-order chi connectivity index (χ0) is 22.5. The molecule has 32 heavy (non-hydrogen) atoms. The van der Waals surface area contributed by atoms with E-state index >= 15 is 0 Å². The van der Waals surface area contributed by atoms with Crippen LogP contribution in [0.5, 0.6) is 0 Å². The number of carbonyl (C=O) groups excluding carboxylic acids is 4. The molecule has 4 amide bonds. The number of benzene rings is 1. The Morgan fingerprint density at radius 1 is 0.812 bits per heavy atom. The fraction of sp³-hybridized carbons (Fsp3) is 0.583. The van der Waals surface area contributed by atoms with Crippen LogP contribution >= 0.6 is 0 Å². The van der Waals surface area contributed by atoms with Gasteiger partial charge in [0.25, 0.3) is 0 Å². The highest BCUT2D eigenvalue weighted by Crippen LogP contribution is 2.36. The normalized spacial score (nSPS) is 21.7. The third-order valence-electron chi connectivity index (χ3n) is 7.17. The minimum Gasteiger partial charge on any atom is -0.320 e. The molecule has 5 rings (SSSR count). The minimum atomic E-state index is -0.721. The summed E-state index contributed by atoms with van der Waals surface area (Å²) in [6.45, 7) is 2.86. The van der Waals surface area contributed by atoms with Gasteiger partial charge in [0.2, 0.25) is 23.6 Å². The predicted molar refractivity (Wildman–Crippen MR) is 116 cm³/mol. The predicted octanol–water partition coefficient (Wildman–Crippen LogP) is 1.31. The number of amides is 4. The molecule has 2 aliphatic carbocycles. The molecule has 0 unspecified atom stereocenters. The largest absolute Gasteiger partial charge is 0.320 e. The summed E-state index contributed by atoms with van der Waals surface area (Å²) in [4.78, 5) is 57.9.